The van der Waals surface area contributed by atoms with Crippen LogP contribution in [0.3, 0.4) is 0 Å². The Morgan fingerprint density at radius 3 is 2.30 bits per heavy atom. The van der Waals surface area contributed by atoms with Crippen molar-refractivity contribution in [3.05, 3.63) is 89.8 Å². The summed E-state index contributed by atoms with van der Waals surface area (Å²) in [4.78, 5) is 0. The van der Waals surface area contributed by atoms with Crippen molar-refractivity contribution in [3.63, 3.8) is 0 Å². The molecular weight excluding hydrogens is 305 g/mol. The summed E-state index contributed by atoms with van der Waals surface area (Å²) in [5.74, 6) is 1.61. The van der Waals surface area contributed by atoms with Crippen LogP contribution < -0.4 is 5.09 Å². The summed E-state index contributed by atoms with van der Waals surface area (Å²) in [5.41, 5.74) is 2.17. The highest BCUT2D eigenvalue weighted by Gasteiger charge is 2.17. The normalized spacial score (nSPS) is 14.3. The van der Waals surface area contributed by atoms with E-state index in [0.29, 0.717) is 13.2 Å². The molecule has 1 atom stereocenters. The molecule has 120 valence electrons. The quantitative estimate of drug-likeness (QED) is 0.533. The van der Waals surface area contributed by atoms with E-state index in [-0.39, 0.29) is 0 Å². The molecule has 3 nitrogen and oxygen atoms in total. The lowest BCUT2D eigenvalue weighted by atomic mass is 10.2. The van der Waals surface area contributed by atoms with Gasteiger partial charge >= 0.3 is 0 Å². The summed E-state index contributed by atoms with van der Waals surface area (Å²) in [7, 11) is -2.99. The van der Waals surface area contributed by atoms with Crippen molar-refractivity contribution in [1.82, 2.24) is 5.09 Å². The Kier molecular flexibility index (Phi) is 7.02. The van der Waals surface area contributed by atoms with Crippen molar-refractivity contribution < 1.29 is 9.09 Å². The predicted molar refractivity (Wildman–Crippen MR) is 97.1 cm³/mol. The van der Waals surface area contributed by atoms with Gasteiger partial charge in [-0.25, -0.2) is 5.09 Å². The molecule has 4 heteroatoms. The molecule has 0 fully saturated rings. The third-order valence-electron chi connectivity index (χ3n) is 3.15. The molecule has 0 aromatic heterocycles. The molecule has 0 spiro atoms. The van der Waals surface area contributed by atoms with Gasteiger partial charge < -0.3 is 4.52 Å². The number of rotatable bonds is 8. The lowest BCUT2D eigenvalue weighted by molar-refractivity contribution is 0.331. The number of benzene rings is 2. The van der Waals surface area contributed by atoms with Gasteiger partial charge in [0.05, 0.1) is 6.61 Å². The number of allylic oxidation sites excluding steroid dienone is 2. The van der Waals surface area contributed by atoms with E-state index in [1.54, 1.807) is 11.9 Å². The Bertz CT molecular complexity index is 681. The van der Waals surface area contributed by atoms with E-state index < -0.39 is 7.52 Å². The van der Waals surface area contributed by atoms with Crippen LogP contribution in [0.15, 0.2) is 78.6 Å². The molecular formula is C19H22NO2P. The van der Waals surface area contributed by atoms with Crippen LogP contribution in [0, 0.1) is 0 Å². The first-order valence-corrected chi connectivity index (χ1v) is 9.35. The zero-order valence-electron chi connectivity index (χ0n) is 13.3. The summed E-state index contributed by atoms with van der Waals surface area (Å²) in [6, 6.07) is 19.8. The van der Waals surface area contributed by atoms with Crippen LogP contribution in [0.1, 0.15) is 18.1 Å². The summed E-state index contributed by atoms with van der Waals surface area (Å²) in [5, 5.41) is 3.02. The van der Waals surface area contributed by atoms with E-state index in [4.69, 9.17) is 4.52 Å². The Balaban J connectivity index is 1.97. The first-order chi connectivity index (χ1) is 11.2. The molecule has 0 saturated carbocycles. The lowest BCUT2D eigenvalue weighted by Gasteiger charge is -2.15. The third-order valence-corrected chi connectivity index (χ3v) is 4.95. The zero-order chi connectivity index (χ0) is 16.4. The highest BCUT2D eigenvalue weighted by Crippen LogP contribution is 2.44. The van der Waals surface area contributed by atoms with Crippen molar-refractivity contribution in [3.8, 4) is 0 Å². The smallest absolute Gasteiger partial charge is 0.292 e. The summed E-state index contributed by atoms with van der Waals surface area (Å²) in [6.45, 7) is 2.74. The van der Waals surface area contributed by atoms with E-state index in [1.165, 1.54) is 0 Å². The molecule has 0 amide bonds. The fourth-order valence-corrected chi connectivity index (χ4v) is 3.42. The van der Waals surface area contributed by atoms with Gasteiger partial charge in [0.15, 0.2) is 0 Å². The first kappa shape index (κ1) is 17.4. The monoisotopic (exact) mass is 327 g/mol. The van der Waals surface area contributed by atoms with Crippen molar-refractivity contribution in [2.45, 2.75) is 13.5 Å². The highest BCUT2D eigenvalue weighted by atomic mass is 31.2. The molecule has 0 bridgehead atoms. The van der Waals surface area contributed by atoms with Crippen LogP contribution in [-0.2, 0) is 15.6 Å². The molecule has 1 unspecified atom stereocenters. The highest BCUT2D eigenvalue weighted by molar-refractivity contribution is 7.60. The molecule has 0 heterocycles. The van der Waals surface area contributed by atoms with Crippen LogP contribution in [0.5, 0.6) is 0 Å². The molecule has 0 aliphatic heterocycles. The van der Waals surface area contributed by atoms with Crippen molar-refractivity contribution in [1.29, 1.82) is 0 Å². The summed E-state index contributed by atoms with van der Waals surface area (Å²) >= 11 is 0. The van der Waals surface area contributed by atoms with Gasteiger partial charge in [-0.3, -0.25) is 4.57 Å². The predicted octanol–water partition coefficient (Wildman–Crippen LogP) is 5.23. The van der Waals surface area contributed by atoms with E-state index in [9.17, 15) is 4.57 Å². The van der Waals surface area contributed by atoms with E-state index in [0.717, 1.165) is 11.1 Å². The molecule has 23 heavy (non-hydrogen) atoms. The first-order valence-electron chi connectivity index (χ1n) is 7.66. The molecule has 2 aromatic carbocycles. The second kappa shape index (κ2) is 9.26. The molecule has 0 radical (unpaired) electrons. The second-order valence-electron chi connectivity index (χ2n) is 4.95. The summed E-state index contributed by atoms with van der Waals surface area (Å²) < 4.78 is 18.2. The maximum Gasteiger partial charge on any atom is 0.292 e. The molecule has 0 aliphatic rings. The fourth-order valence-electron chi connectivity index (χ4n) is 2.02. The second-order valence-corrected chi connectivity index (χ2v) is 7.01. The molecule has 0 aliphatic carbocycles. The van der Waals surface area contributed by atoms with Gasteiger partial charge in [-0.15, -0.1) is 0 Å². The van der Waals surface area contributed by atoms with Gasteiger partial charge in [-0.05, 0) is 18.1 Å². The van der Waals surface area contributed by atoms with Gasteiger partial charge in [0.1, 0.15) is 0 Å². The number of hydrogen-bond donors (Lipinski definition) is 1. The minimum atomic E-state index is -2.99. The fraction of sp³-hybridized carbons (Fsp3) is 0.158. The van der Waals surface area contributed by atoms with Gasteiger partial charge in [-0.1, -0.05) is 78.9 Å². The summed E-state index contributed by atoms with van der Waals surface area (Å²) in [6.07, 6.45) is 5.59. The van der Waals surface area contributed by atoms with Crippen LogP contribution in [0.2, 0.25) is 0 Å². The third kappa shape index (κ3) is 6.37. The largest absolute Gasteiger partial charge is 0.315 e. The number of hydrogen-bond acceptors (Lipinski definition) is 2. The van der Waals surface area contributed by atoms with Crippen LogP contribution in [-0.4, -0.2) is 6.61 Å². The standard InChI is InChI=1S/C19H22NO2P/c1-2-22-23(21,20-17-19-14-7-4-8-15-19)16-10-9-13-18-11-5-3-6-12-18/h3-16H,2,17H2,1H3,(H,20,21)/b13-9+,16-10+. The topological polar surface area (TPSA) is 38.3 Å². The van der Waals surface area contributed by atoms with E-state index in [1.807, 2.05) is 79.7 Å². The van der Waals surface area contributed by atoms with E-state index >= 15 is 0 Å². The van der Waals surface area contributed by atoms with E-state index in [2.05, 4.69) is 5.09 Å². The maximum atomic E-state index is 12.7. The van der Waals surface area contributed by atoms with Gasteiger partial charge in [0.25, 0.3) is 7.52 Å². The lowest BCUT2D eigenvalue weighted by Crippen LogP contribution is -2.10. The average molecular weight is 327 g/mol. The minimum Gasteiger partial charge on any atom is -0.315 e. The SMILES string of the molecule is CCOP(=O)(/C=C/C=C/c1ccccc1)NCc1ccccc1. The minimum absolute atomic E-state index is 0.395. The van der Waals surface area contributed by atoms with Crippen LogP contribution in [0.4, 0.5) is 0 Å². The Morgan fingerprint density at radius 2 is 1.65 bits per heavy atom. The average Bonchev–Trinajstić information content (AvgIpc) is 2.59. The van der Waals surface area contributed by atoms with Gasteiger partial charge in [-0.2, -0.15) is 0 Å². The van der Waals surface area contributed by atoms with Crippen molar-refractivity contribution in [2.24, 2.45) is 0 Å². The Labute approximate surface area is 138 Å². The maximum absolute atomic E-state index is 12.7. The van der Waals surface area contributed by atoms with Gasteiger partial charge in [0, 0.05) is 12.4 Å². The van der Waals surface area contributed by atoms with Gasteiger partial charge in [0.2, 0.25) is 0 Å². The molecule has 0 saturated heterocycles. The zero-order valence-corrected chi connectivity index (χ0v) is 14.2. The Morgan fingerprint density at radius 1 is 1.00 bits per heavy atom. The molecule has 2 rings (SSSR count). The van der Waals surface area contributed by atoms with Crippen LogP contribution in [0.25, 0.3) is 6.08 Å². The van der Waals surface area contributed by atoms with Crippen LogP contribution >= 0.6 is 7.52 Å². The molecule has 2 aromatic rings. The Hall–Kier alpha value is -1.93. The van der Waals surface area contributed by atoms with Crippen molar-refractivity contribution >= 4 is 13.6 Å². The molecule has 1 N–H and O–H groups in total. The van der Waals surface area contributed by atoms with Crippen molar-refractivity contribution in [2.75, 3.05) is 6.61 Å². The number of nitrogens with one attached hydrogen (secondary N) is 1.